The number of aromatic nitrogens is 1. The number of carbonyl (C=O) groups is 1. The van der Waals surface area contributed by atoms with E-state index >= 15 is 0 Å². The first-order chi connectivity index (χ1) is 10.1. The minimum absolute atomic E-state index is 0.0641. The van der Waals surface area contributed by atoms with Crippen molar-refractivity contribution in [3.8, 4) is 0 Å². The van der Waals surface area contributed by atoms with Crippen molar-refractivity contribution in [3.63, 3.8) is 0 Å². The van der Waals surface area contributed by atoms with Crippen LogP contribution in [0.5, 0.6) is 0 Å². The largest absolute Gasteiger partial charge is 0.368 e. The average Bonchev–Trinajstić information content (AvgIpc) is 2.45. The Kier molecular flexibility index (Phi) is 5.15. The molecular weight excluding hydrogens is 269 g/mol. The summed E-state index contributed by atoms with van der Waals surface area (Å²) in [5.74, 6) is -0.768. The van der Waals surface area contributed by atoms with Crippen molar-refractivity contribution in [1.29, 1.82) is 0 Å². The first-order valence-corrected chi connectivity index (χ1v) is 7.78. The summed E-state index contributed by atoms with van der Waals surface area (Å²) >= 11 is 0. The first kappa shape index (κ1) is 15.7. The van der Waals surface area contributed by atoms with Crippen LogP contribution in [-0.4, -0.2) is 24.0 Å². The zero-order chi connectivity index (χ0) is 15.3. The van der Waals surface area contributed by atoms with Crippen molar-refractivity contribution in [2.45, 2.75) is 46.0 Å². The summed E-state index contributed by atoms with van der Waals surface area (Å²) in [5.41, 5.74) is 0.289. The Labute approximate surface area is 125 Å². The van der Waals surface area contributed by atoms with Crippen LogP contribution >= 0.6 is 0 Å². The van der Waals surface area contributed by atoms with E-state index in [1.807, 2.05) is 6.92 Å². The Balaban J connectivity index is 2.01. The fourth-order valence-corrected chi connectivity index (χ4v) is 2.68. The van der Waals surface area contributed by atoms with E-state index < -0.39 is 5.82 Å². The normalized spacial score (nSPS) is 16.1. The highest BCUT2D eigenvalue weighted by Gasteiger charge is 2.35. The summed E-state index contributed by atoms with van der Waals surface area (Å²) in [7, 11) is 0. The third-order valence-electron chi connectivity index (χ3n) is 4.46. The van der Waals surface area contributed by atoms with E-state index in [0.717, 1.165) is 25.7 Å². The van der Waals surface area contributed by atoms with E-state index in [4.69, 9.17) is 0 Å². The van der Waals surface area contributed by atoms with Crippen LogP contribution in [0, 0.1) is 11.2 Å². The topological polar surface area (TPSA) is 54.0 Å². The molecule has 1 aromatic heterocycles. The van der Waals surface area contributed by atoms with Gasteiger partial charge in [0.1, 0.15) is 0 Å². The molecule has 0 spiro atoms. The summed E-state index contributed by atoms with van der Waals surface area (Å²) in [5, 5.41) is 5.78. The van der Waals surface area contributed by atoms with Crippen LogP contribution in [-0.2, 0) is 0 Å². The SMILES string of the molecule is CCCNc1nccc(C(=O)NCC2(CC)CCC2)c1F. The molecule has 0 bridgehead atoms. The predicted molar refractivity (Wildman–Crippen MR) is 81.9 cm³/mol. The molecule has 0 saturated heterocycles. The molecule has 5 heteroatoms. The van der Waals surface area contributed by atoms with Crippen LogP contribution in [0.25, 0.3) is 0 Å². The first-order valence-electron chi connectivity index (χ1n) is 7.78. The summed E-state index contributed by atoms with van der Waals surface area (Å²) < 4.78 is 14.3. The van der Waals surface area contributed by atoms with Gasteiger partial charge in [-0.3, -0.25) is 4.79 Å². The second-order valence-corrected chi connectivity index (χ2v) is 5.84. The Hall–Kier alpha value is -1.65. The highest BCUT2D eigenvalue weighted by Crippen LogP contribution is 2.43. The van der Waals surface area contributed by atoms with E-state index in [1.54, 1.807) is 0 Å². The third kappa shape index (κ3) is 3.52. The van der Waals surface area contributed by atoms with Crippen molar-refractivity contribution in [1.82, 2.24) is 10.3 Å². The molecule has 0 aliphatic heterocycles. The second kappa shape index (κ2) is 6.87. The summed E-state index contributed by atoms with van der Waals surface area (Å²) in [4.78, 5) is 16.1. The standard InChI is InChI=1S/C16H24FN3O/c1-3-9-18-14-13(17)12(6-10-19-14)15(21)20-11-16(4-2)7-5-8-16/h6,10H,3-5,7-9,11H2,1-2H3,(H,18,19)(H,20,21). The number of nitrogens with zero attached hydrogens (tertiary/aromatic N) is 1. The molecule has 1 aromatic rings. The number of hydrogen-bond donors (Lipinski definition) is 2. The summed E-state index contributed by atoms with van der Waals surface area (Å²) in [6.07, 6.45) is 6.90. The molecule has 2 rings (SSSR count). The molecule has 116 valence electrons. The fourth-order valence-electron chi connectivity index (χ4n) is 2.68. The Morgan fingerprint density at radius 3 is 2.76 bits per heavy atom. The Morgan fingerprint density at radius 1 is 1.43 bits per heavy atom. The zero-order valence-electron chi connectivity index (χ0n) is 12.8. The van der Waals surface area contributed by atoms with Crippen LogP contribution < -0.4 is 10.6 Å². The van der Waals surface area contributed by atoms with Gasteiger partial charge in [0, 0.05) is 19.3 Å². The average molecular weight is 293 g/mol. The lowest BCUT2D eigenvalue weighted by Crippen LogP contribution is -2.41. The van der Waals surface area contributed by atoms with Crippen molar-refractivity contribution in [2.24, 2.45) is 5.41 Å². The van der Waals surface area contributed by atoms with Gasteiger partial charge in [0.2, 0.25) is 0 Å². The lowest BCUT2D eigenvalue weighted by molar-refractivity contribution is 0.0846. The van der Waals surface area contributed by atoms with E-state index in [0.29, 0.717) is 13.1 Å². The van der Waals surface area contributed by atoms with Crippen LogP contribution in [0.4, 0.5) is 10.2 Å². The lowest BCUT2D eigenvalue weighted by atomic mass is 9.67. The highest BCUT2D eigenvalue weighted by atomic mass is 19.1. The molecule has 0 radical (unpaired) electrons. The van der Waals surface area contributed by atoms with Gasteiger partial charge < -0.3 is 10.6 Å². The molecule has 1 amide bonds. The smallest absolute Gasteiger partial charge is 0.254 e. The number of pyridine rings is 1. The number of anilines is 1. The van der Waals surface area contributed by atoms with Gasteiger partial charge in [0.25, 0.3) is 5.91 Å². The summed E-state index contributed by atoms with van der Waals surface area (Å²) in [6, 6.07) is 1.43. The van der Waals surface area contributed by atoms with Gasteiger partial charge in [-0.15, -0.1) is 0 Å². The van der Waals surface area contributed by atoms with Gasteiger partial charge in [0.05, 0.1) is 5.56 Å². The number of rotatable bonds is 7. The van der Waals surface area contributed by atoms with Crippen LogP contribution in [0.3, 0.4) is 0 Å². The van der Waals surface area contributed by atoms with Crippen molar-refractivity contribution >= 4 is 11.7 Å². The molecule has 1 heterocycles. The molecule has 1 aliphatic rings. The van der Waals surface area contributed by atoms with Gasteiger partial charge in [-0.1, -0.05) is 20.3 Å². The van der Waals surface area contributed by atoms with Gasteiger partial charge in [-0.05, 0) is 37.2 Å². The molecule has 0 unspecified atom stereocenters. The number of carbonyl (C=O) groups excluding carboxylic acids is 1. The molecular formula is C16H24FN3O. The molecule has 4 nitrogen and oxygen atoms in total. The molecule has 0 atom stereocenters. The van der Waals surface area contributed by atoms with Crippen molar-refractivity contribution in [2.75, 3.05) is 18.4 Å². The highest BCUT2D eigenvalue weighted by molar-refractivity contribution is 5.95. The Morgan fingerprint density at radius 2 is 2.19 bits per heavy atom. The van der Waals surface area contributed by atoms with E-state index in [9.17, 15) is 9.18 Å². The maximum absolute atomic E-state index is 14.3. The minimum Gasteiger partial charge on any atom is -0.368 e. The predicted octanol–water partition coefficient (Wildman–Crippen LogP) is 3.35. The van der Waals surface area contributed by atoms with Gasteiger partial charge in [0.15, 0.2) is 11.6 Å². The van der Waals surface area contributed by atoms with Crippen LogP contribution in [0.1, 0.15) is 56.3 Å². The van der Waals surface area contributed by atoms with E-state index in [2.05, 4.69) is 22.5 Å². The minimum atomic E-state index is -0.567. The maximum Gasteiger partial charge on any atom is 0.254 e. The van der Waals surface area contributed by atoms with Crippen molar-refractivity contribution < 1.29 is 9.18 Å². The number of halogens is 1. The molecule has 0 aromatic carbocycles. The number of hydrogen-bond acceptors (Lipinski definition) is 3. The van der Waals surface area contributed by atoms with Crippen LogP contribution in [0.15, 0.2) is 12.3 Å². The lowest BCUT2D eigenvalue weighted by Gasteiger charge is -2.41. The van der Waals surface area contributed by atoms with E-state index in [-0.39, 0.29) is 22.7 Å². The zero-order valence-corrected chi connectivity index (χ0v) is 12.8. The van der Waals surface area contributed by atoms with Crippen molar-refractivity contribution in [3.05, 3.63) is 23.6 Å². The fraction of sp³-hybridized carbons (Fsp3) is 0.625. The van der Waals surface area contributed by atoms with Gasteiger partial charge >= 0.3 is 0 Å². The summed E-state index contributed by atoms with van der Waals surface area (Å²) in [6.45, 7) is 5.39. The maximum atomic E-state index is 14.3. The Bertz CT molecular complexity index is 495. The second-order valence-electron chi connectivity index (χ2n) is 5.84. The van der Waals surface area contributed by atoms with E-state index in [1.165, 1.54) is 18.7 Å². The molecule has 1 aliphatic carbocycles. The van der Waals surface area contributed by atoms with Crippen LogP contribution in [0.2, 0.25) is 0 Å². The molecule has 2 N–H and O–H groups in total. The quantitative estimate of drug-likeness (QED) is 0.810. The monoisotopic (exact) mass is 293 g/mol. The number of nitrogens with one attached hydrogen (secondary N) is 2. The molecule has 1 fully saturated rings. The third-order valence-corrected chi connectivity index (χ3v) is 4.46. The molecule has 1 saturated carbocycles. The van der Waals surface area contributed by atoms with Gasteiger partial charge in [-0.25, -0.2) is 9.37 Å². The van der Waals surface area contributed by atoms with Gasteiger partial charge in [-0.2, -0.15) is 0 Å². The number of amides is 1. The molecule has 21 heavy (non-hydrogen) atoms.